The number of aromatic hydroxyl groups is 1. The zero-order chi connectivity index (χ0) is 14.0. The highest BCUT2D eigenvalue weighted by Crippen LogP contribution is 2.31. The molecule has 0 aliphatic rings. The van der Waals surface area contributed by atoms with Gasteiger partial charge in [-0.1, -0.05) is 5.16 Å². The van der Waals surface area contributed by atoms with Gasteiger partial charge in [-0.15, -0.1) is 0 Å². The zero-order valence-electron chi connectivity index (χ0n) is 10.3. The van der Waals surface area contributed by atoms with Crippen LogP contribution in [0.2, 0.25) is 0 Å². The van der Waals surface area contributed by atoms with Crippen molar-refractivity contribution in [2.24, 2.45) is 0 Å². The smallest absolute Gasteiger partial charge is 0.261 e. The van der Waals surface area contributed by atoms with E-state index in [0.717, 1.165) is 6.26 Å². The van der Waals surface area contributed by atoms with Crippen molar-refractivity contribution in [2.45, 2.75) is 5.75 Å². The number of benzene rings is 1. The molecule has 1 heterocycles. The molecule has 2 aromatic rings. The Kier molecular flexibility index (Phi) is 3.43. The molecule has 0 fully saturated rings. The van der Waals surface area contributed by atoms with Crippen LogP contribution in [0.4, 0.5) is 0 Å². The third kappa shape index (κ3) is 3.22. The van der Waals surface area contributed by atoms with Gasteiger partial charge in [-0.25, -0.2) is 8.42 Å². The van der Waals surface area contributed by atoms with Crippen molar-refractivity contribution in [3.63, 3.8) is 0 Å². The molecule has 0 aliphatic carbocycles. The molecule has 0 aliphatic heterocycles. The van der Waals surface area contributed by atoms with Crippen LogP contribution in [0.25, 0.3) is 11.5 Å². The number of hydrogen-bond acceptors (Lipinski definition) is 7. The van der Waals surface area contributed by atoms with Gasteiger partial charge in [0.15, 0.2) is 15.7 Å². The molecule has 8 heteroatoms. The standard InChI is InChI=1S/C11H12N2O5S/c1-17-7-3-4-9(14)8(5-7)11-12-10(13-18-11)6-19(2,15)16/h3-5,14H,6H2,1-2H3. The van der Waals surface area contributed by atoms with Crippen LogP contribution < -0.4 is 4.74 Å². The van der Waals surface area contributed by atoms with E-state index >= 15 is 0 Å². The Morgan fingerprint density at radius 1 is 1.42 bits per heavy atom. The van der Waals surface area contributed by atoms with E-state index in [4.69, 9.17) is 9.26 Å². The topological polar surface area (TPSA) is 103 Å². The maximum atomic E-state index is 11.1. The molecule has 1 aromatic heterocycles. The Balaban J connectivity index is 2.37. The van der Waals surface area contributed by atoms with Crippen LogP contribution in [0.5, 0.6) is 11.5 Å². The Bertz CT molecular complexity index is 693. The Labute approximate surface area is 109 Å². The molecule has 0 unspecified atom stereocenters. The summed E-state index contributed by atoms with van der Waals surface area (Å²) >= 11 is 0. The number of methoxy groups -OCH3 is 1. The van der Waals surface area contributed by atoms with Crippen molar-refractivity contribution < 1.29 is 22.8 Å². The predicted octanol–water partition coefficient (Wildman–Crippen LogP) is 0.995. The van der Waals surface area contributed by atoms with Gasteiger partial charge in [0.25, 0.3) is 5.89 Å². The molecule has 0 amide bonds. The van der Waals surface area contributed by atoms with Gasteiger partial charge in [0.05, 0.1) is 12.7 Å². The summed E-state index contributed by atoms with van der Waals surface area (Å²) in [4.78, 5) is 3.93. The fourth-order valence-corrected chi connectivity index (χ4v) is 2.06. The SMILES string of the molecule is COc1ccc(O)c(-c2nc(CS(C)(=O)=O)no2)c1. The molecule has 19 heavy (non-hydrogen) atoms. The van der Waals surface area contributed by atoms with Crippen LogP contribution in [0.15, 0.2) is 22.7 Å². The van der Waals surface area contributed by atoms with Gasteiger partial charge < -0.3 is 14.4 Å². The minimum Gasteiger partial charge on any atom is -0.507 e. The number of sulfone groups is 1. The first-order valence-electron chi connectivity index (χ1n) is 5.27. The number of hydrogen-bond donors (Lipinski definition) is 1. The minimum absolute atomic E-state index is 0.0371. The van der Waals surface area contributed by atoms with Gasteiger partial charge in [0, 0.05) is 6.26 Å². The fourth-order valence-electron chi connectivity index (χ4n) is 1.47. The van der Waals surface area contributed by atoms with E-state index < -0.39 is 9.84 Å². The second-order valence-corrected chi connectivity index (χ2v) is 6.11. The Morgan fingerprint density at radius 2 is 2.16 bits per heavy atom. The fraction of sp³-hybridized carbons (Fsp3) is 0.273. The molecule has 0 saturated carbocycles. The summed E-state index contributed by atoms with van der Waals surface area (Å²) in [6.45, 7) is 0. The van der Waals surface area contributed by atoms with Crippen LogP contribution in [-0.2, 0) is 15.6 Å². The highest BCUT2D eigenvalue weighted by atomic mass is 32.2. The molecule has 1 N–H and O–H groups in total. The van der Waals surface area contributed by atoms with Gasteiger partial charge in [0.2, 0.25) is 0 Å². The maximum Gasteiger partial charge on any atom is 0.261 e. The van der Waals surface area contributed by atoms with Crippen LogP contribution in [0.1, 0.15) is 5.82 Å². The van der Waals surface area contributed by atoms with Crippen molar-refractivity contribution in [3.05, 3.63) is 24.0 Å². The van der Waals surface area contributed by atoms with Crippen LogP contribution in [0, 0.1) is 0 Å². The molecule has 0 bridgehead atoms. The normalized spacial score (nSPS) is 11.5. The summed E-state index contributed by atoms with van der Waals surface area (Å²) in [5, 5.41) is 13.3. The third-order valence-corrected chi connectivity index (χ3v) is 3.08. The molecule has 102 valence electrons. The number of aromatic nitrogens is 2. The van der Waals surface area contributed by atoms with Crippen molar-refractivity contribution in [1.82, 2.24) is 10.1 Å². The lowest BCUT2D eigenvalue weighted by Gasteiger charge is -2.02. The number of ether oxygens (including phenoxy) is 1. The maximum absolute atomic E-state index is 11.1. The first kappa shape index (κ1) is 13.3. The number of nitrogens with zero attached hydrogens (tertiary/aromatic N) is 2. The number of phenols is 1. The molecule has 0 saturated heterocycles. The first-order valence-corrected chi connectivity index (χ1v) is 7.33. The summed E-state index contributed by atoms with van der Waals surface area (Å²) in [5.41, 5.74) is 0.284. The molecule has 1 aromatic carbocycles. The van der Waals surface area contributed by atoms with E-state index in [0.29, 0.717) is 5.75 Å². The lowest BCUT2D eigenvalue weighted by atomic mass is 10.2. The predicted molar refractivity (Wildman–Crippen MR) is 66.5 cm³/mol. The van der Waals surface area contributed by atoms with E-state index in [-0.39, 0.29) is 28.8 Å². The highest BCUT2D eigenvalue weighted by Gasteiger charge is 2.16. The Hall–Kier alpha value is -2.09. The third-order valence-electron chi connectivity index (χ3n) is 2.29. The summed E-state index contributed by atoms with van der Waals surface area (Å²) in [5.74, 6) is 0.210. The Morgan fingerprint density at radius 3 is 2.79 bits per heavy atom. The second kappa shape index (κ2) is 4.88. The van der Waals surface area contributed by atoms with E-state index in [2.05, 4.69) is 10.1 Å². The lowest BCUT2D eigenvalue weighted by Crippen LogP contribution is -2.02. The molecule has 7 nitrogen and oxygen atoms in total. The number of rotatable bonds is 4. The minimum atomic E-state index is -3.24. The van der Waals surface area contributed by atoms with Crippen molar-refractivity contribution in [2.75, 3.05) is 13.4 Å². The van der Waals surface area contributed by atoms with E-state index in [1.807, 2.05) is 0 Å². The van der Waals surface area contributed by atoms with E-state index in [1.165, 1.54) is 19.2 Å². The van der Waals surface area contributed by atoms with Crippen LogP contribution in [0.3, 0.4) is 0 Å². The van der Waals surface area contributed by atoms with Gasteiger partial charge in [-0.05, 0) is 18.2 Å². The average Bonchev–Trinajstić information content (AvgIpc) is 2.75. The second-order valence-electron chi connectivity index (χ2n) is 3.97. The summed E-state index contributed by atoms with van der Waals surface area (Å²) < 4.78 is 32.2. The van der Waals surface area contributed by atoms with Gasteiger partial charge in [-0.2, -0.15) is 4.98 Å². The van der Waals surface area contributed by atoms with E-state index in [9.17, 15) is 13.5 Å². The van der Waals surface area contributed by atoms with Gasteiger partial charge in [0.1, 0.15) is 17.3 Å². The molecular weight excluding hydrogens is 272 g/mol. The molecule has 0 radical (unpaired) electrons. The van der Waals surface area contributed by atoms with Crippen molar-refractivity contribution in [1.29, 1.82) is 0 Å². The van der Waals surface area contributed by atoms with Crippen molar-refractivity contribution >= 4 is 9.84 Å². The highest BCUT2D eigenvalue weighted by molar-refractivity contribution is 7.89. The zero-order valence-corrected chi connectivity index (χ0v) is 11.1. The summed E-state index contributed by atoms with van der Waals surface area (Å²) in [7, 11) is -1.76. The van der Waals surface area contributed by atoms with Crippen LogP contribution in [-0.4, -0.2) is 37.0 Å². The molecular formula is C11H12N2O5S. The monoisotopic (exact) mass is 284 g/mol. The average molecular weight is 284 g/mol. The van der Waals surface area contributed by atoms with Gasteiger partial charge in [-0.3, -0.25) is 0 Å². The molecule has 0 spiro atoms. The van der Waals surface area contributed by atoms with Gasteiger partial charge >= 0.3 is 0 Å². The quantitative estimate of drug-likeness (QED) is 0.893. The first-order chi connectivity index (χ1) is 8.89. The largest absolute Gasteiger partial charge is 0.507 e. The van der Waals surface area contributed by atoms with E-state index in [1.54, 1.807) is 6.07 Å². The molecule has 2 rings (SSSR count). The number of phenolic OH excluding ortho intramolecular Hbond substituents is 1. The summed E-state index contributed by atoms with van der Waals surface area (Å²) in [6.07, 6.45) is 1.08. The van der Waals surface area contributed by atoms with Crippen molar-refractivity contribution in [3.8, 4) is 23.0 Å². The summed E-state index contributed by atoms with van der Waals surface area (Å²) in [6, 6.07) is 4.52. The molecule has 0 atom stereocenters. The lowest BCUT2D eigenvalue weighted by molar-refractivity contribution is 0.407. The van der Waals surface area contributed by atoms with Crippen LogP contribution >= 0.6 is 0 Å².